The molecule has 1 heterocycles. The van der Waals surface area contributed by atoms with Crippen molar-refractivity contribution >= 4 is 29.0 Å². The first-order valence-electron chi connectivity index (χ1n) is 5.52. The van der Waals surface area contributed by atoms with Gasteiger partial charge in [-0.25, -0.2) is 0 Å². The van der Waals surface area contributed by atoms with E-state index in [1.54, 1.807) is 30.0 Å². The quantitative estimate of drug-likeness (QED) is 0.798. The molecule has 0 unspecified atom stereocenters. The van der Waals surface area contributed by atoms with E-state index in [9.17, 15) is 9.90 Å². The highest BCUT2D eigenvalue weighted by molar-refractivity contribution is 7.98. The topological polar surface area (TPSA) is 49.3 Å². The van der Waals surface area contributed by atoms with Crippen LogP contribution in [0.2, 0.25) is 0 Å². The standard InChI is InChI=1S/C12H19NO2S2/c1-12(15,9-16-2)8-13-11(14)4-3-10-5-6-17-7-10/h5-7,15H,3-4,8-9H2,1-2H3,(H,13,14)/t12-/m1/s1. The van der Waals surface area contributed by atoms with Crippen molar-refractivity contribution in [3.63, 3.8) is 0 Å². The molecule has 0 bridgehead atoms. The van der Waals surface area contributed by atoms with Gasteiger partial charge in [-0.2, -0.15) is 23.1 Å². The smallest absolute Gasteiger partial charge is 0.220 e. The first kappa shape index (κ1) is 14.5. The van der Waals surface area contributed by atoms with Gasteiger partial charge in [-0.1, -0.05) is 0 Å². The fourth-order valence-corrected chi connectivity index (χ4v) is 2.86. The van der Waals surface area contributed by atoms with E-state index in [1.165, 1.54) is 5.56 Å². The highest BCUT2D eigenvalue weighted by Crippen LogP contribution is 2.10. The summed E-state index contributed by atoms with van der Waals surface area (Å²) in [6.45, 7) is 2.05. The minimum atomic E-state index is -0.822. The van der Waals surface area contributed by atoms with Gasteiger partial charge in [0.25, 0.3) is 0 Å². The molecular formula is C12H19NO2S2. The molecule has 0 aliphatic heterocycles. The van der Waals surface area contributed by atoms with Crippen LogP contribution in [-0.2, 0) is 11.2 Å². The molecule has 1 atom stereocenters. The molecule has 1 aromatic heterocycles. The Morgan fingerprint density at radius 2 is 2.41 bits per heavy atom. The number of rotatable bonds is 7. The number of aryl methyl sites for hydroxylation is 1. The Morgan fingerprint density at radius 3 is 3.00 bits per heavy atom. The van der Waals surface area contributed by atoms with Crippen LogP contribution in [0.25, 0.3) is 0 Å². The average molecular weight is 273 g/mol. The number of amides is 1. The summed E-state index contributed by atoms with van der Waals surface area (Å²) in [5.74, 6) is 0.621. The van der Waals surface area contributed by atoms with Gasteiger partial charge in [0.15, 0.2) is 0 Å². The minimum Gasteiger partial charge on any atom is -0.387 e. The van der Waals surface area contributed by atoms with E-state index in [-0.39, 0.29) is 5.91 Å². The summed E-state index contributed by atoms with van der Waals surface area (Å²) in [6.07, 6.45) is 3.18. The molecule has 0 saturated heterocycles. The van der Waals surface area contributed by atoms with Crippen LogP contribution >= 0.6 is 23.1 Å². The number of carbonyl (C=O) groups excluding carboxylic acids is 1. The van der Waals surface area contributed by atoms with E-state index in [0.29, 0.717) is 18.7 Å². The summed E-state index contributed by atoms with van der Waals surface area (Å²) < 4.78 is 0. The summed E-state index contributed by atoms with van der Waals surface area (Å²) in [6, 6.07) is 2.03. The highest BCUT2D eigenvalue weighted by Gasteiger charge is 2.20. The van der Waals surface area contributed by atoms with Gasteiger partial charge in [0.05, 0.1) is 5.60 Å². The Balaban J connectivity index is 2.21. The molecule has 17 heavy (non-hydrogen) atoms. The predicted octanol–water partition coefficient (Wildman–Crippen LogP) is 1.91. The molecule has 3 nitrogen and oxygen atoms in total. The van der Waals surface area contributed by atoms with E-state index in [4.69, 9.17) is 0 Å². The fraction of sp³-hybridized carbons (Fsp3) is 0.583. The fourth-order valence-electron chi connectivity index (χ4n) is 1.43. The summed E-state index contributed by atoms with van der Waals surface area (Å²) >= 11 is 3.21. The Labute approximate surface area is 111 Å². The van der Waals surface area contributed by atoms with Gasteiger partial charge in [-0.15, -0.1) is 0 Å². The largest absolute Gasteiger partial charge is 0.387 e. The molecule has 1 amide bonds. The van der Waals surface area contributed by atoms with Crippen molar-refractivity contribution in [3.05, 3.63) is 22.4 Å². The summed E-state index contributed by atoms with van der Waals surface area (Å²) in [5.41, 5.74) is 0.373. The zero-order chi connectivity index (χ0) is 12.7. The van der Waals surface area contributed by atoms with Crippen LogP contribution in [0.3, 0.4) is 0 Å². The van der Waals surface area contributed by atoms with Crippen molar-refractivity contribution in [2.24, 2.45) is 0 Å². The van der Waals surface area contributed by atoms with Gasteiger partial charge in [0, 0.05) is 18.7 Å². The second-order valence-corrected chi connectivity index (χ2v) is 5.98. The Bertz CT molecular complexity index is 336. The predicted molar refractivity (Wildman–Crippen MR) is 74.7 cm³/mol. The Morgan fingerprint density at radius 1 is 1.65 bits per heavy atom. The van der Waals surface area contributed by atoms with Gasteiger partial charge >= 0.3 is 0 Å². The maximum absolute atomic E-state index is 11.6. The summed E-state index contributed by atoms with van der Waals surface area (Å²) in [4.78, 5) is 11.6. The number of hydrogen-bond acceptors (Lipinski definition) is 4. The van der Waals surface area contributed by atoms with Gasteiger partial charge in [0.2, 0.25) is 5.91 Å². The molecule has 1 rings (SSSR count). The molecule has 1 aromatic rings. The van der Waals surface area contributed by atoms with Crippen LogP contribution in [0.5, 0.6) is 0 Å². The third-order valence-corrected chi connectivity index (χ3v) is 3.99. The number of nitrogens with one attached hydrogen (secondary N) is 1. The minimum absolute atomic E-state index is 0.00224. The summed E-state index contributed by atoms with van der Waals surface area (Å²) in [5, 5.41) is 16.7. The van der Waals surface area contributed by atoms with E-state index in [0.717, 1.165) is 6.42 Å². The van der Waals surface area contributed by atoms with Crippen molar-refractivity contribution in [3.8, 4) is 0 Å². The normalized spacial score (nSPS) is 14.3. The first-order chi connectivity index (χ1) is 8.03. The van der Waals surface area contributed by atoms with Crippen molar-refractivity contribution in [2.45, 2.75) is 25.4 Å². The number of thioether (sulfide) groups is 1. The van der Waals surface area contributed by atoms with Gasteiger partial charge in [-0.3, -0.25) is 4.79 Å². The van der Waals surface area contributed by atoms with Gasteiger partial charge in [-0.05, 0) is 42.0 Å². The lowest BCUT2D eigenvalue weighted by Crippen LogP contribution is -2.42. The van der Waals surface area contributed by atoms with Crippen LogP contribution < -0.4 is 5.32 Å². The van der Waals surface area contributed by atoms with Crippen LogP contribution in [0.15, 0.2) is 16.8 Å². The molecule has 0 aliphatic carbocycles. The van der Waals surface area contributed by atoms with Crippen molar-refractivity contribution in [2.75, 3.05) is 18.6 Å². The Hall–Kier alpha value is -0.520. The van der Waals surface area contributed by atoms with Crippen LogP contribution in [0, 0.1) is 0 Å². The molecule has 0 saturated carbocycles. The number of hydrogen-bond donors (Lipinski definition) is 2. The van der Waals surface area contributed by atoms with E-state index in [1.807, 2.05) is 17.7 Å². The van der Waals surface area contributed by atoms with Crippen molar-refractivity contribution in [1.82, 2.24) is 5.32 Å². The molecule has 0 aliphatic rings. The Kier molecular flexibility index (Phi) is 6.02. The zero-order valence-corrected chi connectivity index (χ0v) is 11.9. The van der Waals surface area contributed by atoms with E-state index >= 15 is 0 Å². The molecule has 0 spiro atoms. The van der Waals surface area contributed by atoms with Crippen LogP contribution in [-0.4, -0.2) is 35.2 Å². The zero-order valence-electron chi connectivity index (χ0n) is 10.2. The SMILES string of the molecule is CSC[C@](C)(O)CNC(=O)CCc1ccsc1. The maximum atomic E-state index is 11.6. The lowest BCUT2D eigenvalue weighted by atomic mass is 10.1. The van der Waals surface area contributed by atoms with Crippen molar-refractivity contribution in [1.29, 1.82) is 0 Å². The molecule has 2 N–H and O–H groups in total. The van der Waals surface area contributed by atoms with Gasteiger partial charge in [0.1, 0.15) is 0 Å². The highest BCUT2D eigenvalue weighted by atomic mass is 32.2. The molecule has 96 valence electrons. The first-order valence-corrected chi connectivity index (χ1v) is 7.86. The monoisotopic (exact) mass is 273 g/mol. The van der Waals surface area contributed by atoms with Crippen LogP contribution in [0.4, 0.5) is 0 Å². The maximum Gasteiger partial charge on any atom is 0.220 e. The molecule has 0 radical (unpaired) electrons. The van der Waals surface area contributed by atoms with Gasteiger partial charge < -0.3 is 10.4 Å². The third kappa shape index (κ3) is 6.10. The van der Waals surface area contributed by atoms with E-state index < -0.39 is 5.60 Å². The number of thiophene rings is 1. The lowest BCUT2D eigenvalue weighted by molar-refractivity contribution is -0.122. The number of aliphatic hydroxyl groups is 1. The van der Waals surface area contributed by atoms with Crippen molar-refractivity contribution < 1.29 is 9.90 Å². The molecular weight excluding hydrogens is 254 g/mol. The summed E-state index contributed by atoms with van der Waals surface area (Å²) in [7, 11) is 0. The van der Waals surface area contributed by atoms with Crippen LogP contribution in [0.1, 0.15) is 18.9 Å². The van der Waals surface area contributed by atoms with E-state index in [2.05, 4.69) is 10.7 Å². The molecule has 5 heteroatoms. The lowest BCUT2D eigenvalue weighted by Gasteiger charge is -2.22. The third-order valence-electron chi connectivity index (χ3n) is 2.34. The second-order valence-electron chi connectivity index (χ2n) is 4.34. The second kappa shape index (κ2) is 7.03. The molecule has 0 fully saturated rings. The number of carbonyl (C=O) groups is 1. The average Bonchev–Trinajstić information content (AvgIpc) is 2.76. The molecule has 0 aromatic carbocycles.